The van der Waals surface area contributed by atoms with Gasteiger partial charge < -0.3 is 4.74 Å². The van der Waals surface area contributed by atoms with Crippen molar-refractivity contribution in [3.8, 4) is 5.88 Å². The SMILES string of the molecule is CCc1ncc2c(n1)OCCC2. The lowest BCUT2D eigenvalue weighted by Gasteiger charge is -2.15. The van der Waals surface area contributed by atoms with Gasteiger partial charge in [0.2, 0.25) is 5.88 Å². The van der Waals surface area contributed by atoms with E-state index in [4.69, 9.17) is 4.74 Å². The minimum Gasteiger partial charge on any atom is -0.477 e. The van der Waals surface area contributed by atoms with Gasteiger partial charge >= 0.3 is 0 Å². The van der Waals surface area contributed by atoms with Crippen molar-refractivity contribution in [2.75, 3.05) is 6.61 Å². The summed E-state index contributed by atoms with van der Waals surface area (Å²) in [6.07, 6.45) is 4.90. The summed E-state index contributed by atoms with van der Waals surface area (Å²) in [5, 5.41) is 0. The molecule has 0 saturated heterocycles. The van der Waals surface area contributed by atoms with Gasteiger partial charge in [-0.1, -0.05) is 6.92 Å². The summed E-state index contributed by atoms with van der Waals surface area (Å²) in [6, 6.07) is 0. The molecule has 0 bridgehead atoms. The van der Waals surface area contributed by atoms with E-state index in [0.29, 0.717) is 0 Å². The predicted molar refractivity (Wildman–Crippen MR) is 45.2 cm³/mol. The fourth-order valence-electron chi connectivity index (χ4n) is 1.32. The molecule has 2 rings (SSSR count). The van der Waals surface area contributed by atoms with E-state index in [0.717, 1.165) is 43.1 Å². The number of fused-ring (bicyclic) bond motifs is 1. The van der Waals surface area contributed by atoms with Gasteiger partial charge in [-0.15, -0.1) is 0 Å². The van der Waals surface area contributed by atoms with E-state index < -0.39 is 0 Å². The van der Waals surface area contributed by atoms with Gasteiger partial charge in [-0.05, 0) is 12.8 Å². The van der Waals surface area contributed by atoms with Gasteiger partial charge in [0, 0.05) is 18.2 Å². The van der Waals surface area contributed by atoms with E-state index in [9.17, 15) is 0 Å². The average molecular weight is 164 g/mol. The van der Waals surface area contributed by atoms with Crippen LogP contribution in [0.5, 0.6) is 5.88 Å². The Morgan fingerprint density at radius 2 is 2.50 bits per heavy atom. The molecule has 2 heterocycles. The summed E-state index contributed by atoms with van der Waals surface area (Å²) < 4.78 is 5.41. The van der Waals surface area contributed by atoms with Crippen molar-refractivity contribution >= 4 is 0 Å². The summed E-state index contributed by atoms with van der Waals surface area (Å²) in [5.41, 5.74) is 1.15. The second kappa shape index (κ2) is 3.09. The van der Waals surface area contributed by atoms with E-state index >= 15 is 0 Å². The molecule has 0 aliphatic carbocycles. The van der Waals surface area contributed by atoms with Gasteiger partial charge in [-0.25, -0.2) is 4.98 Å². The van der Waals surface area contributed by atoms with Gasteiger partial charge in [0.05, 0.1) is 6.61 Å². The van der Waals surface area contributed by atoms with Crippen LogP contribution in [0.15, 0.2) is 6.20 Å². The van der Waals surface area contributed by atoms with Crippen molar-refractivity contribution in [1.82, 2.24) is 9.97 Å². The number of aryl methyl sites for hydroxylation is 2. The molecule has 0 saturated carbocycles. The molecule has 0 amide bonds. The Morgan fingerprint density at radius 1 is 1.58 bits per heavy atom. The van der Waals surface area contributed by atoms with Crippen LogP contribution >= 0.6 is 0 Å². The number of aromatic nitrogens is 2. The Balaban J connectivity index is 2.36. The molecule has 1 aromatic rings. The summed E-state index contributed by atoms with van der Waals surface area (Å²) in [5.74, 6) is 1.67. The first kappa shape index (κ1) is 7.53. The molecule has 0 aromatic carbocycles. The summed E-state index contributed by atoms with van der Waals surface area (Å²) in [6.45, 7) is 2.84. The van der Waals surface area contributed by atoms with Crippen LogP contribution in [0.25, 0.3) is 0 Å². The lowest BCUT2D eigenvalue weighted by molar-refractivity contribution is 0.274. The van der Waals surface area contributed by atoms with Crippen molar-refractivity contribution < 1.29 is 4.74 Å². The normalized spacial score (nSPS) is 15.1. The average Bonchev–Trinajstić information content (AvgIpc) is 2.17. The Bertz CT molecular complexity index is 286. The van der Waals surface area contributed by atoms with Crippen LogP contribution in [0.3, 0.4) is 0 Å². The number of hydrogen-bond acceptors (Lipinski definition) is 3. The van der Waals surface area contributed by atoms with Crippen molar-refractivity contribution in [3.05, 3.63) is 17.6 Å². The van der Waals surface area contributed by atoms with Crippen LogP contribution < -0.4 is 4.74 Å². The predicted octanol–water partition coefficient (Wildman–Crippen LogP) is 1.36. The molecule has 0 radical (unpaired) electrons. The standard InChI is InChI=1S/C9H12N2O/c1-2-8-10-6-7-4-3-5-12-9(7)11-8/h6H,2-5H2,1H3. The minimum absolute atomic E-state index is 0.799. The van der Waals surface area contributed by atoms with Crippen molar-refractivity contribution in [2.45, 2.75) is 26.2 Å². The molecular weight excluding hydrogens is 152 g/mol. The van der Waals surface area contributed by atoms with Crippen LogP contribution in [0, 0.1) is 0 Å². The number of ether oxygens (including phenoxy) is 1. The Labute approximate surface area is 71.8 Å². The van der Waals surface area contributed by atoms with Crippen LogP contribution in [-0.4, -0.2) is 16.6 Å². The molecule has 1 aliphatic rings. The third kappa shape index (κ3) is 1.26. The molecule has 64 valence electrons. The summed E-state index contributed by atoms with van der Waals surface area (Å²) in [4.78, 5) is 8.52. The molecule has 12 heavy (non-hydrogen) atoms. The third-order valence-corrected chi connectivity index (χ3v) is 2.02. The van der Waals surface area contributed by atoms with Gasteiger partial charge in [0.1, 0.15) is 5.82 Å². The highest BCUT2D eigenvalue weighted by Crippen LogP contribution is 2.20. The lowest BCUT2D eigenvalue weighted by atomic mass is 10.1. The monoisotopic (exact) mass is 164 g/mol. The van der Waals surface area contributed by atoms with Crippen molar-refractivity contribution in [2.24, 2.45) is 0 Å². The molecule has 0 spiro atoms. The van der Waals surface area contributed by atoms with Gasteiger partial charge in [0.15, 0.2) is 0 Å². The molecule has 0 fully saturated rings. The second-order valence-corrected chi connectivity index (χ2v) is 2.92. The first-order valence-corrected chi connectivity index (χ1v) is 4.37. The highest BCUT2D eigenvalue weighted by atomic mass is 16.5. The molecule has 3 heteroatoms. The maximum absolute atomic E-state index is 5.41. The minimum atomic E-state index is 0.799. The summed E-state index contributed by atoms with van der Waals surface area (Å²) in [7, 11) is 0. The van der Waals surface area contributed by atoms with Gasteiger partial charge in [0.25, 0.3) is 0 Å². The molecule has 1 aromatic heterocycles. The number of nitrogens with zero attached hydrogens (tertiary/aromatic N) is 2. The van der Waals surface area contributed by atoms with E-state index in [1.165, 1.54) is 0 Å². The van der Waals surface area contributed by atoms with Crippen LogP contribution in [0.4, 0.5) is 0 Å². The maximum atomic E-state index is 5.41. The van der Waals surface area contributed by atoms with E-state index in [1.54, 1.807) is 0 Å². The number of hydrogen-bond donors (Lipinski definition) is 0. The largest absolute Gasteiger partial charge is 0.477 e. The topological polar surface area (TPSA) is 35.0 Å². The Kier molecular flexibility index (Phi) is 1.94. The molecule has 0 unspecified atom stereocenters. The van der Waals surface area contributed by atoms with Crippen LogP contribution in [0.1, 0.15) is 24.7 Å². The fourth-order valence-corrected chi connectivity index (χ4v) is 1.32. The van der Waals surface area contributed by atoms with Gasteiger partial charge in [-0.3, -0.25) is 0 Å². The zero-order valence-electron chi connectivity index (χ0n) is 7.21. The molecule has 1 aliphatic heterocycles. The smallest absolute Gasteiger partial charge is 0.219 e. The Hall–Kier alpha value is -1.12. The zero-order valence-corrected chi connectivity index (χ0v) is 7.21. The zero-order chi connectivity index (χ0) is 8.39. The third-order valence-electron chi connectivity index (χ3n) is 2.02. The van der Waals surface area contributed by atoms with E-state index in [2.05, 4.69) is 9.97 Å². The van der Waals surface area contributed by atoms with Crippen LogP contribution in [0.2, 0.25) is 0 Å². The highest BCUT2D eigenvalue weighted by molar-refractivity contribution is 5.25. The molecule has 0 atom stereocenters. The van der Waals surface area contributed by atoms with Gasteiger partial charge in [-0.2, -0.15) is 4.98 Å². The first-order chi connectivity index (χ1) is 5.90. The molecule has 0 N–H and O–H groups in total. The molecule has 3 nitrogen and oxygen atoms in total. The first-order valence-electron chi connectivity index (χ1n) is 4.37. The number of rotatable bonds is 1. The van der Waals surface area contributed by atoms with Crippen molar-refractivity contribution in [3.63, 3.8) is 0 Å². The highest BCUT2D eigenvalue weighted by Gasteiger charge is 2.11. The molecular formula is C9H12N2O. The van der Waals surface area contributed by atoms with E-state index in [1.807, 2.05) is 13.1 Å². The van der Waals surface area contributed by atoms with Crippen LogP contribution in [-0.2, 0) is 12.8 Å². The Morgan fingerprint density at radius 3 is 3.33 bits per heavy atom. The lowest BCUT2D eigenvalue weighted by Crippen LogP contribution is -2.11. The fraction of sp³-hybridized carbons (Fsp3) is 0.556. The maximum Gasteiger partial charge on any atom is 0.219 e. The van der Waals surface area contributed by atoms with E-state index in [-0.39, 0.29) is 0 Å². The quantitative estimate of drug-likeness (QED) is 0.628. The second-order valence-electron chi connectivity index (χ2n) is 2.92. The van der Waals surface area contributed by atoms with Crippen molar-refractivity contribution in [1.29, 1.82) is 0 Å². The summed E-state index contributed by atoms with van der Waals surface area (Å²) >= 11 is 0.